The molecule has 0 bridgehead atoms. The summed E-state index contributed by atoms with van der Waals surface area (Å²) < 4.78 is 44.8. The van der Waals surface area contributed by atoms with Crippen LogP contribution < -0.4 is 5.32 Å². The van der Waals surface area contributed by atoms with Gasteiger partial charge in [-0.3, -0.25) is 0 Å². The fourth-order valence-electron chi connectivity index (χ4n) is 2.15. The highest BCUT2D eigenvalue weighted by Crippen LogP contribution is 2.24. The molecule has 2 nitrogen and oxygen atoms in total. The summed E-state index contributed by atoms with van der Waals surface area (Å²) in [6.45, 7) is 2.62. The fourth-order valence-corrected chi connectivity index (χ4v) is 2.15. The number of ether oxygens (including phenoxy) is 1. The van der Waals surface area contributed by atoms with Crippen LogP contribution in [0.5, 0.6) is 0 Å². The average Bonchev–Trinajstić information content (AvgIpc) is 2.36. The molecule has 0 radical (unpaired) electrons. The molecule has 1 aromatic rings. The van der Waals surface area contributed by atoms with Gasteiger partial charge in [0.1, 0.15) is 5.82 Å². The first-order chi connectivity index (χ1) is 8.60. The molecule has 2 atom stereocenters. The highest BCUT2D eigenvalue weighted by molar-refractivity contribution is 5.46. The quantitative estimate of drug-likeness (QED) is 0.839. The molecule has 1 aromatic carbocycles. The molecule has 0 saturated carbocycles. The largest absolute Gasteiger partial charge is 0.380 e. The van der Waals surface area contributed by atoms with Gasteiger partial charge in [-0.25, -0.2) is 13.2 Å². The Kier molecular flexibility index (Phi) is 4.11. The number of hydrogen-bond donors (Lipinski definition) is 1. The number of halogens is 3. The van der Waals surface area contributed by atoms with E-state index in [0.29, 0.717) is 12.7 Å². The van der Waals surface area contributed by atoms with Crippen LogP contribution in [-0.2, 0) is 4.74 Å². The molecule has 5 heteroatoms. The predicted molar refractivity (Wildman–Crippen MR) is 63.0 cm³/mol. The van der Waals surface area contributed by atoms with Crippen molar-refractivity contribution in [1.29, 1.82) is 0 Å². The van der Waals surface area contributed by atoms with Gasteiger partial charge in [-0.15, -0.1) is 0 Å². The van der Waals surface area contributed by atoms with E-state index in [1.807, 2.05) is 6.92 Å². The molecule has 1 N–H and O–H groups in total. The van der Waals surface area contributed by atoms with Crippen LogP contribution in [0, 0.1) is 17.5 Å². The van der Waals surface area contributed by atoms with Crippen LogP contribution >= 0.6 is 0 Å². The second kappa shape index (κ2) is 5.61. The maximum atomic E-state index is 13.5. The Morgan fingerprint density at radius 1 is 1.22 bits per heavy atom. The minimum atomic E-state index is -1.17. The van der Waals surface area contributed by atoms with E-state index in [-0.39, 0.29) is 17.8 Å². The molecule has 18 heavy (non-hydrogen) atoms. The molecule has 1 aliphatic heterocycles. The second-order valence-electron chi connectivity index (χ2n) is 4.51. The van der Waals surface area contributed by atoms with Gasteiger partial charge >= 0.3 is 0 Å². The molecule has 0 amide bonds. The van der Waals surface area contributed by atoms with Gasteiger partial charge in [-0.2, -0.15) is 0 Å². The Morgan fingerprint density at radius 2 is 1.94 bits per heavy atom. The van der Waals surface area contributed by atoms with Crippen molar-refractivity contribution < 1.29 is 17.9 Å². The van der Waals surface area contributed by atoms with Crippen molar-refractivity contribution in [2.45, 2.75) is 38.3 Å². The van der Waals surface area contributed by atoms with Crippen molar-refractivity contribution in [2.24, 2.45) is 0 Å². The van der Waals surface area contributed by atoms with E-state index >= 15 is 0 Å². The number of nitrogens with one attached hydrogen (secondary N) is 1. The monoisotopic (exact) mass is 259 g/mol. The van der Waals surface area contributed by atoms with Gasteiger partial charge in [0.25, 0.3) is 0 Å². The van der Waals surface area contributed by atoms with Crippen molar-refractivity contribution in [3.05, 3.63) is 29.6 Å². The number of hydrogen-bond acceptors (Lipinski definition) is 2. The lowest BCUT2D eigenvalue weighted by molar-refractivity contribution is 0.00920. The van der Waals surface area contributed by atoms with Gasteiger partial charge < -0.3 is 10.1 Å². The second-order valence-corrected chi connectivity index (χ2v) is 4.51. The summed E-state index contributed by atoms with van der Waals surface area (Å²) in [5, 5.41) is 2.92. The van der Waals surface area contributed by atoms with E-state index in [1.165, 1.54) is 0 Å². The topological polar surface area (TPSA) is 21.3 Å². The normalized spacial score (nSPS) is 24.0. The van der Waals surface area contributed by atoms with Crippen molar-refractivity contribution in [1.82, 2.24) is 0 Å². The van der Waals surface area contributed by atoms with E-state index in [9.17, 15) is 13.2 Å². The minimum absolute atomic E-state index is 0.00986. The molecular formula is C13H16F3NO. The fraction of sp³-hybridized carbons (Fsp3) is 0.538. The Labute approximate surface area is 104 Å². The Bertz CT molecular complexity index is 425. The number of anilines is 1. The Hall–Kier alpha value is -1.23. The van der Waals surface area contributed by atoms with Crippen LogP contribution in [0.2, 0.25) is 0 Å². The summed E-state index contributed by atoms with van der Waals surface area (Å²) in [6.07, 6.45) is 2.51. The predicted octanol–water partition coefficient (Wildman–Crippen LogP) is 3.47. The van der Waals surface area contributed by atoms with Crippen LogP contribution in [0.1, 0.15) is 26.2 Å². The first-order valence-corrected chi connectivity index (χ1v) is 6.12. The van der Waals surface area contributed by atoms with Crippen LogP contribution in [-0.4, -0.2) is 18.8 Å². The molecule has 1 aliphatic rings. The maximum Gasteiger partial charge on any atom is 0.161 e. The average molecular weight is 259 g/mol. The molecular weight excluding hydrogens is 243 g/mol. The van der Waals surface area contributed by atoms with E-state index in [4.69, 9.17) is 4.74 Å². The van der Waals surface area contributed by atoms with E-state index in [2.05, 4.69) is 5.32 Å². The van der Waals surface area contributed by atoms with Gasteiger partial charge in [-0.05, 0) is 19.3 Å². The smallest absolute Gasteiger partial charge is 0.161 e. The molecule has 1 fully saturated rings. The SMILES string of the molecule is CCC1CC(Nc2cc(F)c(F)cc2F)CCO1. The zero-order valence-electron chi connectivity index (χ0n) is 10.2. The third-order valence-electron chi connectivity index (χ3n) is 3.19. The lowest BCUT2D eigenvalue weighted by Crippen LogP contribution is -2.34. The molecule has 100 valence electrons. The summed E-state index contributed by atoms with van der Waals surface area (Å²) in [5.41, 5.74) is 0.00986. The first-order valence-electron chi connectivity index (χ1n) is 6.12. The van der Waals surface area contributed by atoms with Crippen LogP contribution in [0.4, 0.5) is 18.9 Å². The molecule has 1 heterocycles. The van der Waals surface area contributed by atoms with Crippen LogP contribution in [0.15, 0.2) is 12.1 Å². The molecule has 2 unspecified atom stereocenters. The molecule has 0 aromatic heterocycles. The van der Waals surface area contributed by atoms with E-state index < -0.39 is 17.5 Å². The maximum absolute atomic E-state index is 13.5. The van der Waals surface area contributed by atoms with Gasteiger partial charge in [0.2, 0.25) is 0 Å². The third kappa shape index (κ3) is 2.96. The number of benzene rings is 1. The molecule has 0 aliphatic carbocycles. The van der Waals surface area contributed by atoms with Crippen molar-refractivity contribution in [3.8, 4) is 0 Å². The third-order valence-corrected chi connectivity index (χ3v) is 3.19. The van der Waals surface area contributed by atoms with Crippen molar-refractivity contribution in [2.75, 3.05) is 11.9 Å². The van der Waals surface area contributed by atoms with Crippen LogP contribution in [0.25, 0.3) is 0 Å². The van der Waals surface area contributed by atoms with Gasteiger partial charge in [0.05, 0.1) is 11.8 Å². The van der Waals surface area contributed by atoms with E-state index in [1.54, 1.807) is 0 Å². The highest BCUT2D eigenvalue weighted by Gasteiger charge is 2.22. The lowest BCUT2D eigenvalue weighted by atomic mass is 10.0. The summed E-state index contributed by atoms with van der Waals surface area (Å²) in [5.74, 6) is -2.98. The Morgan fingerprint density at radius 3 is 2.67 bits per heavy atom. The lowest BCUT2D eigenvalue weighted by Gasteiger charge is -2.30. The summed E-state index contributed by atoms with van der Waals surface area (Å²) in [6, 6.07) is 1.46. The highest BCUT2D eigenvalue weighted by atomic mass is 19.2. The van der Waals surface area contributed by atoms with Crippen molar-refractivity contribution >= 4 is 5.69 Å². The zero-order valence-corrected chi connectivity index (χ0v) is 10.2. The summed E-state index contributed by atoms with van der Waals surface area (Å²) in [4.78, 5) is 0. The Balaban J connectivity index is 2.07. The van der Waals surface area contributed by atoms with Gasteiger partial charge in [-0.1, -0.05) is 6.92 Å². The zero-order chi connectivity index (χ0) is 13.1. The molecule has 0 spiro atoms. The minimum Gasteiger partial charge on any atom is -0.380 e. The van der Waals surface area contributed by atoms with Gasteiger partial charge in [0.15, 0.2) is 11.6 Å². The first kappa shape index (κ1) is 13.2. The standard InChI is InChI=1S/C13H16F3NO/c1-2-9-5-8(3-4-18-9)17-13-7-11(15)10(14)6-12(13)16/h6-9,17H,2-5H2,1H3. The van der Waals surface area contributed by atoms with E-state index in [0.717, 1.165) is 25.3 Å². The number of rotatable bonds is 3. The molecule has 1 saturated heterocycles. The summed E-state index contributed by atoms with van der Waals surface area (Å²) >= 11 is 0. The van der Waals surface area contributed by atoms with Gasteiger partial charge in [0, 0.05) is 24.8 Å². The van der Waals surface area contributed by atoms with Crippen LogP contribution in [0.3, 0.4) is 0 Å². The van der Waals surface area contributed by atoms with Crippen molar-refractivity contribution in [3.63, 3.8) is 0 Å². The summed E-state index contributed by atoms with van der Waals surface area (Å²) in [7, 11) is 0. The molecule has 2 rings (SSSR count).